The molecule has 3 rings (SSSR count). The summed E-state index contributed by atoms with van der Waals surface area (Å²) in [5, 5.41) is 11.3. The summed E-state index contributed by atoms with van der Waals surface area (Å²) in [6.45, 7) is 1.27. The molecule has 0 saturated carbocycles. The fraction of sp³-hybridized carbons (Fsp3) is 0.429. The number of rotatable bonds is 2. The lowest BCUT2D eigenvalue weighted by Crippen LogP contribution is -2.37. The molecule has 0 amide bonds. The third kappa shape index (κ3) is 2.45. The number of benzene rings is 1. The minimum absolute atomic E-state index is 0.126. The molecule has 1 fully saturated rings. The lowest BCUT2D eigenvalue weighted by atomic mass is 9.90. The molecule has 2 heterocycles. The second-order valence-electron chi connectivity index (χ2n) is 4.97. The molecule has 0 spiro atoms. The number of halogens is 1. The lowest BCUT2D eigenvalue weighted by molar-refractivity contribution is -0.435. The van der Waals surface area contributed by atoms with E-state index in [-0.39, 0.29) is 16.5 Å². The molecule has 20 heavy (non-hydrogen) atoms. The highest BCUT2D eigenvalue weighted by atomic mass is 79.9. The van der Waals surface area contributed by atoms with Gasteiger partial charge in [-0.15, -0.1) is 0 Å². The Morgan fingerprint density at radius 2 is 2.05 bits per heavy atom. The van der Waals surface area contributed by atoms with E-state index in [4.69, 9.17) is 9.47 Å². The van der Waals surface area contributed by atoms with Crippen LogP contribution in [-0.4, -0.2) is 24.2 Å². The Labute approximate surface area is 124 Å². The molecule has 1 aromatic rings. The van der Waals surface area contributed by atoms with Gasteiger partial charge in [0.05, 0.1) is 9.40 Å². The van der Waals surface area contributed by atoms with Gasteiger partial charge in [0, 0.05) is 30.8 Å². The van der Waals surface area contributed by atoms with Gasteiger partial charge in [-0.3, -0.25) is 10.1 Å². The second-order valence-corrected chi connectivity index (χ2v) is 5.83. The van der Waals surface area contributed by atoms with Crippen LogP contribution in [0.25, 0.3) is 6.08 Å². The van der Waals surface area contributed by atoms with Crippen LogP contribution < -0.4 is 4.74 Å². The largest absolute Gasteiger partial charge is 0.477 e. The summed E-state index contributed by atoms with van der Waals surface area (Å²) in [6, 6.07) is 5.55. The maximum absolute atomic E-state index is 11.3. The average Bonchev–Trinajstić information content (AvgIpc) is 2.47. The molecule has 0 N–H and O–H groups in total. The molecule has 0 bridgehead atoms. The van der Waals surface area contributed by atoms with Gasteiger partial charge >= 0.3 is 0 Å². The van der Waals surface area contributed by atoms with Crippen LogP contribution in [0.1, 0.15) is 18.4 Å². The van der Waals surface area contributed by atoms with Gasteiger partial charge in [0.1, 0.15) is 5.75 Å². The van der Waals surface area contributed by atoms with E-state index in [0.29, 0.717) is 19.0 Å². The highest BCUT2D eigenvalue weighted by Gasteiger charge is 2.39. The van der Waals surface area contributed by atoms with Crippen LogP contribution in [0, 0.1) is 16.0 Å². The van der Waals surface area contributed by atoms with Crippen molar-refractivity contribution in [2.45, 2.75) is 18.9 Å². The molecule has 1 atom stereocenters. The molecule has 6 heteroatoms. The number of hydrogen-bond donors (Lipinski definition) is 0. The van der Waals surface area contributed by atoms with E-state index in [1.54, 1.807) is 6.08 Å². The van der Waals surface area contributed by atoms with Crippen molar-refractivity contribution in [3.63, 3.8) is 0 Å². The van der Waals surface area contributed by atoms with Gasteiger partial charge in [0.2, 0.25) is 0 Å². The summed E-state index contributed by atoms with van der Waals surface area (Å²) >= 11 is 3.44. The Bertz CT molecular complexity index is 566. The van der Waals surface area contributed by atoms with E-state index in [9.17, 15) is 10.1 Å². The van der Waals surface area contributed by atoms with Crippen LogP contribution in [0.4, 0.5) is 0 Å². The van der Waals surface area contributed by atoms with Gasteiger partial charge in [-0.1, -0.05) is 12.1 Å². The first kappa shape index (κ1) is 13.6. The molecule has 1 saturated heterocycles. The number of para-hydroxylation sites is 1. The number of fused-ring (bicyclic) bond motifs is 1. The van der Waals surface area contributed by atoms with Crippen LogP contribution >= 0.6 is 15.9 Å². The van der Waals surface area contributed by atoms with Crippen molar-refractivity contribution in [3.8, 4) is 5.75 Å². The molecule has 0 aromatic heterocycles. The molecular weight excluding hydrogens is 326 g/mol. The van der Waals surface area contributed by atoms with E-state index in [0.717, 1.165) is 22.9 Å². The Hall–Kier alpha value is -1.40. The third-order valence-electron chi connectivity index (χ3n) is 3.74. The van der Waals surface area contributed by atoms with Crippen LogP contribution in [0.15, 0.2) is 28.4 Å². The Morgan fingerprint density at radius 3 is 2.75 bits per heavy atom. The zero-order valence-corrected chi connectivity index (χ0v) is 12.3. The molecule has 0 radical (unpaired) electrons. The van der Waals surface area contributed by atoms with Crippen molar-refractivity contribution < 1.29 is 14.4 Å². The highest BCUT2D eigenvalue weighted by molar-refractivity contribution is 9.10. The average molecular weight is 340 g/mol. The Balaban J connectivity index is 1.99. The fourth-order valence-corrected chi connectivity index (χ4v) is 3.18. The SMILES string of the molecule is O=[N+]([O-])C1=Cc2cccc(Br)c2OC1C1CCOCC1. The summed E-state index contributed by atoms with van der Waals surface area (Å²) in [7, 11) is 0. The summed E-state index contributed by atoms with van der Waals surface area (Å²) in [6.07, 6.45) is 2.70. The summed E-state index contributed by atoms with van der Waals surface area (Å²) < 4.78 is 12.1. The third-order valence-corrected chi connectivity index (χ3v) is 4.37. The molecule has 2 aliphatic heterocycles. The van der Waals surface area contributed by atoms with Gasteiger partial charge in [0.25, 0.3) is 5.70 Å². The van der Waals surface area contributed by atoms with Gasteiger partial charge in [-0.2, -0.15) is 0 Å². The van der Waals surface area contributed by atoms with Gasteiger partial charge < -0.3 is 9.47 Å². The first-order valence-electron chi connectivity index (χ1n) is 6.55. The van der Waals surface area contributed by atoms with Crippen molar-refractivity contribution >= 4 is 22.0 Å². The summed E-state index contributed by atoms with van der Waals surface area (Å²) in [5.74, 6) is 0.815. The van der Waals surface area contributed by atoms with E-state index < -0.39 is 6.10 Å². The molecule has 1 aromatic carbocycles. The molecule has 106 valence electrons. The number of hydrogen-bond acceptors (Lipinski definition) is 4. The van der Waals surface area contributed by atoms with Crippen molar-refractivity contribution in [1.82, 2.24) is 0 Å². The smallest absolute Gasteiger partial charge is 0.287 e. The van der Waals surface area contributed by atoms with E-state index >= 15 is 0 Å². The Morgan fingerprint density at radius 1 is 1.30 bits per heavy atom. The standard InChI is InChI=1S/C14H14BrNO4/c15-11-3-1-2-10-8-12(16(17)18)14(20-13(10)11)9-4-6-19-7-5-9/h1-3,8-9,14H,4-7H2. The zero-order valence-electron chi connectivity index (χ0n) is 10.8. The van der Waals surface area contributed by atoms with Gasteiger partial charge in [-0.05, 0) is 34.8 Å². The van der Waals surface area contributed by atoms with Crippen molar-refractivity contribution in [2.24, 2.45) is 5.92 Å². The fourth-order valence-electron chi connectivity index (χ4n) is 2.71. The zero-order chi connectivity index (χ0) is 14.1. The van der Waals surface area contributed by atoms with Gasteiger partial charge in [-0.25, -0.2) is 0 Å². The molecule has 2 aliphatic rings. The predicted molar refractivity (Wildman–Crippen MR) is 77.1 cm³/mol. The maximum atomic E-state index is 11.3. The summed E-state index contributed by atoms with van der Waals surface area (Å²) in [5.41, 5.74) is 0.886. The number of nitro groups is 1. The first-order chi connectivity index (χ1) is 9.66. The van der Waals surface area contributed by atoms with Gasteiger partial charge in [0.15, 0.2) is 6.10 Å². The minimum Gasteiger partial charge on any atom is -0.477 e. The quantitative estimate of drug-likeness (QED) is 0.612. The summed E-state index contributed by atoms with van der Waals surface area (Å²) in [4.78, 5) is 11.0. The van der Waals surface area contributed by atoms with Crippen molar-refractivity contribution in [1.29, 1.82) is 0 Å². The van der Waals surface area contributed by atoms with Crippen LogP contribution in [0.2, 0.25) is 0 Å². The normalized spacial score (nSPS) is 22.6. The van der Waals surface area contributed by atoms with Crippen molar-refractivity contribution in [3.05, 3.63) is 44.0 Å². The first-order valence-corrected chi connectivity index (χ1v) is 7.35. The number of ether oxygens (including phenoxy) is 2. The second kappa shape index (κ2) is 5.54. The maximum Gasteiger partial charge on any atom is 0.287 e. The monoisotopic (exact) mass is 339 g/mol. The lowest BCUT2D eigenvalue weighted by Gasteiger charge is -2.31. The van der Waals surface area contributed by atoms with Crippen LogP contribution in [0.5, 0.6) is 5.75 Å². The highest BCUT2D eigenvalue weighted by Crippen LogP contribution is 2.39. The number of nitrogens with zero attached hydrogens (tertiary/aromatic N) is 1. The molecule has 5 nitrogen and oxygen atoms in total. The van der Waals surface area contributed by atoms with Crippen LogP contribution in [-0.2, 0) is 4.74 Å². The van der Waals surface area contributed by atoms with E-state index in [1.807, 2.05) is 18.2 Å². The predicted octanol–water partition coefficient (Wildman–Crippen LogP) is 3.25. The topological polar surface area (TPSA) is 61.6 Å². The molecule has 1 unspecified atom stereocenters. The molecule has 0 aliphatic carbocycles. The van der Waals surface area contributed by atoms with E-state index in [1.165, 1.54) is 0 Å². The van der Waals surface area contributed by atoms with E-state index in [2.05, 4.69) is 15.9 Å². The molecular formula is C14H14BrNO4. The van der Waals surface area contributed by atoms with Crippen LogP contribution in [0.3, 0.4) is 0 Å². The Kier molecular flexibility index (Phi) is 3.76. The van der Waals surface area contributed by atoms with Crippen molar-refractivity contribution in [2.75, 3.05) is 13.2 Å². The minimum atomic E-state index is -0.500.